The number of aryl methyl sites for hydroxylation is 1. The van der Waals surface area contributed by atoms with Crippen LogP contribution in [0.4, 0.5) is 4.79 Å². The van der Waals surface area contributed by atoms with E-state index in [4.69, 9.17) is 9.72 Å². The summed E-state index contributed by atoms with van der Waals surface area (Å²) in [7, 11) is -3.94. The molecule has 7 rings (SSSR count). The smallest absolute Gasteiger partial charge is 0.410 e. The lowest BCUT2D eigenvalue weighted by Crippen LogP contribution is -2.41. The molecule has 1 atom stereocenters. The number of nitrogens with zero attached hydrogens (tertiary/aromatic N) is 5. The van der Waals surface area contributed by atoms with Gasteiger partial charge in [-0.2, -0.15) is 5.10 Å². The van der Waals surface area contributed by atoms with Crippen molar-refractivity contribution >= 4 is 27.1 Å². The molecule has 3 aromatic heterocycles. The van der Waals surface area contributed by atoms with Gasteiger partial charge in [0.2, 0.25) is 0 Å². The second kappa shape index (κ2) is 13.5. The molecule has 9 nitrogen and oxygen atoms in total. The van der Waals surface area contributed by atoms with Crippen LogP contribution in [0.1, 0.15) is 69.2 Å². The molecule has 0 aliphatic carbocycles. The minimum absolute atomic E-state index is 0.0126. The van der Waals surface area contributed by atoms with Crippen LogP contribution in [-0.4, -0.2) is 56.8 Å². The molecule has 0 N–H and O–H groups in total. The number of hydrogen-bond donors (Lipinski definition) is 0. The van der Waals surface area contributed by atoms with Gasteiger partial charge in [0.15, 0.2) is 5.65 Å². The molecule has 51 heavy (non-hydrogen) atoms. The maximum Gasteiger partial charge on any atom is 0.410 e. The second-order valence-corrected chi connectivity index (χ2v) is 16.2. The average Bonchev–Trinajstić information content (AvgIpc) is 3.77. The van der Waals surface area contributed by atoms with Crippen LogP contribution in [0.3, 0.4) is 0 Å². The lowest BCUT2D eigenvalue weighted by Gasteiger charge is -2.33. The standard InChI is InChI=1S/C41H43N5O4S/c1-28-11-17-36(18-12-28)51(48,49)46-27-38(35-25-43-45(26-35)29(2)30-9-7-6-8-10-30)37-23-34(24-42-39(37)46)32-15-13-31(14-16-32)33-19-21-44(22-20-33)40(47)50-41(3,4)5/h6-18,23-27,29,33H,19-22H2,1-5H3. The van der Waals surface area contributed by atoms with Crippen molar-refractivity contribution in [2.75, 3.05) is 13.1 Å². The zero-order chi connectivity index (χ0) is 35.9. The van der Waals surface area contributed by atoms with Gasteiger partial charge >= 0.3 is 6.09 Å². The fraction of sp³-hybridized carbons (Fsp3) is 0.293. The third-order valence-electron chi connectivity index (χ3n) is 9.64. The van der Waals surface area contributed by atoms with Gasteiger partial charge in [-0.25, -0.2) is 22.2 Å². The Labute approximate surface area is 299 Å². The summed E-state index contributed by atoms with van der Waals surface area (Å²) in [5, 5.41) is 5.40. The van der Waals surface area contributed by atoms with Crippen molar-refractivity contribution in [3.63, 3.8) is 0 Å². The van der Waals surface area contributed by atoms with Crippen LogP contribution >= 0.6 is 0 Å². The number of pyridine rings is 1. The molecule has 262 valence electrons. The number of rotatable bonds is 7. The van der Waals surface area contributed by atoms with Gasteiger partial charge in [-0.15, -0.1) is 0 Å². The van der Waals surface area contributed by atoms with E-state index in [-0.39, 0.29) is 17.0 Å². The average molecular weight is 702 g/mol. The van der Waals surface area contributed by atoms with Gasteiger partial charge in [-0.05, 0) is 88.3 Å². The van der Waals surface area contributed by atoms with Crippen molar-refractivity contribution in [1.82, 2.24) is 23.6 Å². The first-order chi connectivity index (χ1) is 24.4. The molecule has 0 bridgehead atoms. The number of likely N-dealkylation sites (tertiary alicyclic amines) is 1. The van der Waals surface area contributed by atoms with E-state index in [2.05, 4.69) is 48.4 Å². The summed E-state index contributed by atoms with van der Waals surface area (Å²) >= 11 is 0. The Balaban J connectivity index is 1.21. The molecule has 1 unspecified atom stereocenters. The summed E-state index contributed by atoms with van der Waals surface area (Å²) in [5.74, 6) is 0.348. The third-order valence-corrected chi connectivity index (χ3v) is 11.3. The van der Waals surface area contributed by atoms with Crippen LogP contribution in [0.2, 0.25) is 0 Å². The highest BCUT2D eigenvalue weighted by molar-refractivity contribution is 7.90. The van der Waals surface area contributed by atoms with E-state index in [1.165, 1.54) is 9.54 Å². The van der Waals surface area contributed by atoms with E-state index in [1.54, 1.807) is 47.8 Å². The number of carbonyl (C=O) groups excluding carboxylic acids is 1. The number of fused-ring (bicyclic) bond motifs is 1. The normalized spacial score (nSPS) is 14.9. The van der Waals surface area contributed by atoms with Crippen LogP contribution in [0.15, 0.2) is 115 Å². The van der Waals surface area contributed by atoms with Crippen LogP contribution < -0.4 is 0 Å². The SMILES string of the molecule is Cc1ccc(S(=O)(=O)n2cc(-c3cnn(C(C)c4ccccc4)c3)c3cc(-c4ccc(C5CCN(C(=O)OC(C)(C)C)CC5)cc4)cnc32)cc1. The number of carbonyl (C=O) groups is 1. The minimum atomic E-state index is -3.94. The molecule has 6 aromatic rings. The highest BCUT2D eigenvalue weighted by Crippen LogP contribution is 2.36. The largest absolute Gasteiger partial charge is 0.444 e. The van der Waals surface area contributed by atoms with E-state index < -0.39 is 15.6 Å². The van der Waals surface area contributed by atoms with Gasteiger partial charge in [0.05, 0.1) is 17.1 Å². The predicted molar refractivity (Wildman–Crippen MR) is 200 cm³/mol. The zero-order valence-corrected chi connectivity index (χ0v) is 30.5. The van der Waals surface area contributed by atoms with Crippen molar-refractivity contribution in [2.45, 2.75) is 69.9 Å². The van der Waals surface area contributed by atoms with E-state index in [0.29, 0.717) is 30.0 Å². The summed E-state index contributed by atoms with van der Waals surface area (Å²) in [4.78, 5) is 19.3. The predicted octanol–water partition coefficient (Wildman–Crippen LogP) is 8.84. The van der Waals surface area contributed by atoms with Crippen molar-refractivity contribution in [3.8, 4) is 22.3 Å². The first kappa shape index (κ1) is 34.2. The molecule has 0 radical (unpaired) electrons. The van der Waals surface area contributed by atoms with Gasteiger partial charge in [0.1, 0.15) is 5.60 Å². The Morgan fingerprint density at radius 2 is 1.55 bits per heavy atom. The fourth-order valence-electron chi connectivity index (χ4n) is 6.72. The Hall–Kier alpha value is -5.22. The summed E-state index contributed by atoms with van der Waals surface area (Å²) in [6.07, 6.45) is 8.64. The van der Waals surface area contributed by atoms with Crippen LogP contribution in [-0.2, 0) is 14.8 Å². The number of aromatic nitrogens is 4. The number of piperidine rings is 1. The lowest BCUT2D eigenvalue weighted by atomic mass is 9.88. The first-order valence-corrected chi connectivity index (χ1v) is 18.8. The zero-order valence-electron chi connectivity index (χ0n) is 29.7. The van der Waals surface area contributed by atoms with Crippen molar-refractivity contribution in [1.29, 1.82) is 0 Å². The molecule has 4 heterocycles. The minimum Gasteiger partial charge on any atom is -0.444 e. The van der Waals surface area contributed by atoms with E-state index >= 15 is 0 Å². The molecular weight excluding hydrogens is 659 g/mol. The first-order valence-electron chi connectivity index (χ1n) is 17.4. The topological polar surface area (TPSA) is 99.3 Å². The monoisotopic (exact) mass is 701 g/mol. The van der Waals surface area contributed by atoms with E-state index in [9.17, 15) is 13.2 Å². The fourth-order valence-corrected chi connectivity index (χ4v) is 8.04. The molecule has 1 fully saturated rings. The van der Waals surface area contributed by atoms with Gasteiger partial charge in [0.25, 0.3) is 10.0 Å². The van der Waals surface area contributed by atoms with E-state index in [0.717, 1.165) is 46.2 Å². The molecule has 1 saturated heterocycles. The highest BCUT2D eigenvalue weighted by atomic mass is 32.2. The third kappa shape index (κ3) is 7.05. The molecule has 0 spiro atoms. The highest BCUT2D eigenvalue weighted by Gasteiger charge is 2.28. The molecule has 1 aliphatic rings. The molecule has 0 saturated carbocycles. The number of benzene rings is 3. The maximum absolute atomic E-state index is 14.0. The van der Waals surface area contributed by atoms with Crippen molar-refractivity contribution in [3.05, 3.63) is 126 Å². The summed E-state index contributed by atoms with van der Waals surface area (Å²) in [5.41, 5.74) is 6.56. The molecule has 3 aromatic carbocycles. The van der Waals surface area contributed by atoms with Crippen LogP contribution in [0.25, 0.3) is 33.3 Å². The Morgan fingerprint density at radius 1 is 0.863 bits per heavy atom. The van der Waals surface area contributed by atoms with Gasteiger partial charge < -0.3 is 9.64 Å². The van der Waals surface area contributed by atoms with Gasteiger partial charge in [0, 0.05) is 53.8 Å². The summed E-state index contributed by atoms with van der Waals surface area (Å²) in [6.45, 7) is 11.0. The Kier molecular flexibility index (Phi) is 9.05. The molecule has 10 heteroatoms. The van der Waals surface area contributed by atoms with Crippen LogP contribution in [0.5, 0.6) is 0 Å². The lowest BCUT2D eigenvalue weighted by molar-refractivity contribution is 0.0205. The van der Waals surface area contributed by atoms with Crippen LogP contribution in [0, 0.1) is 6.92 Å². The summed E-state index contributed by atoms with van der Waals surface area (Å²) < 4.78 is 36.8. The quantitative estimate of drug-likeness (QED) is 0.165. The van der Waals surface area contributed by atoms with Crippen molar-refractivity contribution < 1.29 is 17.9 Å². The molecular formula is C41H43N5O4S. The van der Waals surface area contributed by atoms with Gasteiger partial charge in [-0.3, -0.25) is 4.68 Å². The van der Waals surface area contributed by atoms with Gasteiger partial charge in [-0.1, -0.05) is 72.3 Å². The second-order valence-electron chi connectivity index (χ2n) is 14.4. The number of hydrogen-bond acceptors (Lipinski definition) is 6. The van der Waals surface area contributed by atoms with Crippen molar-refractivity contribution in [2.24, 2.45) is 0 Å². The summed E-state index contributed by atoms with van der Waals surface area (Å²) in [6, 6.07) is 27.5. The number of ether oxygens (including phenoxy) is 1. The molecule has 1 amide bonds. The Morgan fingerprint density at radius 3 is 2.22 bits per heavy atom. The number of amides is 1. The van der Waals surface area contributed by atoms with E-state index in [1.807, 2.05) is 62.8 Å². The molecule has 1 aliphatic heterocycles. The maximum atomic E-state index is 14.0. The Bertz CT molecular complexity index is 2280.